The molecule has 1 aliphatic rings. The zero-order chi connectivity index (χ0) is 26.0. The molecule has 1 atom stereocenters. The molecule has 1 amide bonds. The third kappa shape index (κ3) is 5.33. The fourth-order valence-corrected chi connectivity index (χ4v) is 4.79. The van der Waals surface area contributed by atoms with Crippen LogP contribution in [0.3, 0.4) is 0 Å². The minimum Gasteiger partial charge on any atom is -0.326 e. The summed E-state index contributed by atoms with van der Waals surface area (Å²) in [6.07, 6.45) is 4.21. The Morgan fingerprint density at radius 2 is 1.84 bits per heavy atom. The van der Waals surface area contributed by atoms with Gasteiger partial charge in [-0.3, -0.25) is 4.79 Å². The molecule has 0 bridgehead atoms. The Bertz CT molecular complexity index is 1410. The van der Waals surface area contributed by atoms with Crippen LogP contribution in [0.2, 0.25) is 0 Å². The van der Waals surface area contributed by atoms with Crippen LogP contribution in [-0.4, -0.2) is 15.7 Å². The number of hydrogen-bond donors (Lipinski definition) is 3. The average Bonchev–Trinajstić information content (AvgIpc) is 3.67. The second-order valence-electron chi connectivity index (χ2n) is 9.92. The molecular weight excluding hydrogens is 465 g/mol. The molecule has 190 valence electrons. The lowest BCUT2D eigenvalue weighted by atomic mass is 9.79. The number of hydrogen-bond acceptors (Lipinski definition) is 4. The Balaban J connectivity index is 1.47. The zero-order valence-electron chi connectivity index (χ0n) is 21.0. The Morgan fingerprint density at radius 3 is 2.57 bits per heavy atom. The van der Waals surface area contributed by atoms with Crippen LogP contribution in [-0.2, 0) is 12.1 Å². The molecular formula is C30H32FN5O. The minimum atomic E-state index is -0.794. The summed E-state index contributed by atoms with van der Waals surface area (Å²) in [5.41, 5.74) is 16.5. The second kappa shape index (κ2) is 10.3. The van der Waals surface area contributed by atoms with Crippen LogP contribution < -0.4 is 16.8 Å². The lowest BCUT2D eigenvalue weighted by molar-refractivity contribution is 0.101. The molecule has 0 saturated heterocycles. The molecule has 0 spiro atoms. The van der Waals surface area contributed by atoms with Crippen LogP contribution in [0, 0.1) is 18.7 Å². The second-order valence-corrected chi connectivity index (χ2v) is 9.92. The molecule has 1 fully saturated rings. The maximum absolute atomic E-state index is 15.0. The van der Waals surface area contributed by atoms with Gasteiger partial charge in [-0.05, 0) is 72.7 Å². The molecule has 6 nitrogen and oxygen atoms in total. The molecule has 1 heterocycles. The number of amides is 1. The highest BCUT2D eigenvalue weighted by molar-refractivity contribution is 6.03. The third-order valence-electron chi connectivity index (χ3n) is 7.12. The Kier molecular flexibility index (Phi) is 6.91. The van der Waals surface area contributed by atoms with Crippen molar-refractivity contribution < 1.29 is 9.18 Å². The van der Waals surface area contributed by atoms with E-state index < -0.39 is 17.3 Å². The Labute approximate surface area is 216 Å². The molecule has 5 rings (SSSR count). The highest BCUT2D eigenvalue weighted by atomic mass is 19.1. The molecule has 0 radical (unpaired) electrons. The number of carbonyl (C=O) groups excluding carboxylic acids is 1. The van der Waals surface area contributed by atoms with E-state index in [1.54, 1.807) is 22.9 Å². The largest absolute Gasteiger partial charge is 0.326 e. The van der Waals surface area contributed by atoms with Gasteiger partial charge in [0.1, 0.15) is 11.5 Å². The van der Waals surface area contributed by atoms with Crippen LogP contribution >= 0.6 is 0 Å². The van der Waals surface area contributed by atoms with E-state index in [-0.39, 0.29) is 5.69 Å². The van der Waals surface area contributed by atoms with Crippen LogP contribution in [0.4, 0.5) is 10.1 Å². The van der Waals surface area contributed by atoms with E-state index in [1.807, 2.05) is 61.5 Å². The van der Waals surface area contributed by atoms with Crippen molar-refractivity contribution in [2.45, 2.75) is 44.7 Å². The normalized spacial score (nSPS) is 14.8. The molecule has 1 saturated carbocycles. The van der Waals surface area contributed by atoms with E-state index in [0.29, 0.717) is 29.5 Å². The molecule has 1 aromatic heterocycles. The lowest BCUT2D eigenvalue weighted by Crippen LogP contribution is -2.38. The van der Waals surface area contributed by atoms with E-state index in [9.17, 15) is 9.18 Å². The highest BCUT2D eigenvalue weighted by Crippen LogP contribution is 2.40. The highest BCUT2D eigenvalue weighted by Gasteiger charge is 2.33. The van der Waals surface area contributed by atoms with E-state index in [4.69, 9.17) is 11.5 Å². The van der Waals surface area contributed by atoms with E-state index in [0.717, 1.165) is 29.5 Å². The summed E-state index contributed by atoms with van der Waals surface area (Å²) >= 11 is 0. The van der Waals surface area contributed by atoms with Gasteiger partial charge in [0, 0.05) is 6.54 Å². The number of aryl methyl sites for hydroxylation is 1. The van der Waals surface area contributed by atoms with Crippen LogP contribution in [0.5, 0.6) is 0 Å². The summed E-state index contributed by atoms with van der Waals surface area (Å²) in [5, 5.41) is 7.25. The molecule has 0 aliphatic heterocycles. The van der Waals surface area contributed by atoms with Gasteiger partial charge in [-0.15, -0.1) is 0 Å². The average molecular weight is 498 g/mol. The van der Waals surface area contributed by atoms with Gasteiger partial charge in [0.05, 0.1) is 22.6 Å². The minimum absolute atomic E-state index is 0.0841. The van der Waals surface area contributed by atoms with Crippen molar-refractivity contribution in [1.29, 1.82) is 0 Å². The van der Waals surface area contributed by atoms with Crippen molar-refractivity contribution in [1.82, 2.24) is 9.78 Å². The van der Waals surface area contributed by atoms with Gasteiger partial charge in [0.25, 0.3) is 5.91 Å². The number of carbonyl (C=O) groups is 1. The maximum atomic E-state index is 15.0. The quantitative estimate of drug-likeness (QED) is 0.287. The smallest absolute Gasteiger partial charge is 0.274 e. The van der Waals surface area contributed by atoms with Crippen molar-refractivity contribution in [2.24, 2.45) is 17.4 Å². The van der Waals surface area contributed by atoms with Crippen LogP contribution in [0.15, 0.2) is 78.9 Å². The van der Waals surface area contributed by atoms with Crippen molar-refractivity contribution in [3.05, 3.63) is 113 Å². The first-order valence-corrected chi connectivity index (χ1v) is 12.7. The molecule has 37 heavy (non-hydrogen) atoms. The number of aromatic nitrogens is 2. The topological polar surface area (TPSA) is 99.0 Å². The van der Waals surface area contributed by atoms with Gasteiger partial charge < -0.3 is 16.8 Å². The number of nitrogens with one attached hydrogen (secondary N) is 1. The van der Waals surface area contributed by atoms with Gasteiger partial charge in [-0.2, -0.15) is 5.10 Å². The predicted molar refractivity (Wildman–Crippen MR) is 144 cm³/mol. The SMILES string of the molecule is Cc1cc(C(=O)Nc2cc(C(N)(CCC3CC3)c3ccccc3)ccc2F)n(-c2cccc(CN)c2)n1. The fraction of sp³-hybridized carbons (Fsp3) is 0.267. The van der Waals surface area contributed by atoms with E-state index >= 15 is 0 Å². The monoisotopic (exact) mass is 497 g/mol. The van der Waals surface area contributed by atoms with Gasteiger partial charge in [-0.1, -0.05) is 61.4 Å². The summed E-state index contributed by atoms with van der Waals surface area (Å²) in [4.78, 5) is 13.4. The maximum Gasteiger partial charge on any atom is 0.274 e. The molecule has 1 aliphatic carbocycles. The summed E-state index contributed by atoms with van der Waals surface area (Å²) in [5.74, 6) is -0.287. The molecule has 4 aromatic rings. The Morgan fingerprint density at radius 1 is 1.05 bits per heavy atom. The van der Waals surface area contributed by atoms with E-state index in [2.05, 4.69) is 10.4 Å². The third-order valence-corrected chi connectivity index (χ3v) is 7.12. The summed E-state index contributed by atoms with van der Waals surface area (Å²) in [6.45, 7) is 2.18. The number of anilines is 1. The summed E-state index contributed by atoms with van der Waals surface area (Å²) in [6, 6.07) is 23.8. The zero-order valence-corrected chi connectivity index (χ0v) is 21.0. The van der Waals surface area contributed by atoms with Gasteiger partial charge in [0.2, 0.25) is 0 Å². The first-order valence-electron chi connectivity index (χ1n) is 12.7. The molecule has 7 heteroatoms. The number of benzene rings is 3. The number of rotatable bonds is 9. The lowest BCUT2D eigenvalue weighted by Gasteiger charge is -2.31. The molecule has 5 N–H and O–H groups in total. The number of nitrogens with two attached hydrogens (primary N) is 2. The van der Waals surface area contributed by atoms with Crippen LogP contribution in [0.1, 0.15) is 58.6 Å². The van der Waals surface area contributed by atoms with Crippen molar-refractivity contribution in [3.8, 4) is 5.69 Å². The van der Waals surface area contributed by atoms with Crippen molar-refractivity contribution in [2.75, 3.05) is 5.32 Å². The van der Waals surface area contributed by atoms with Crippen LogP contribution in [0.25, 0.3) is 5.69 Å². The summed E-state index contributed by atoms with van der Waals surface area (Å²) in [7, 11) is 0. The van der Waals surface area contributed by atoms with Gasteiger partial charge in [-0.25, -0.2) is 9.07 Å². The van der Waals surface area contributed by atoms with Crippen molar-refractivity contribution >= 4 is 11.6 Å². The number of nitrogens with zero attached hydrogens (tertiary/aromatic N) is 2. The first kappa shape index (κ1) is 24.9. The summed E-state index contributed by atoms with van der Waals surface area (Å²) < 4.78 is 16.5. The Hall–Kier alpha value is -3.81. The number of halogens is 1. The van der Waals surface area contributed by atoms with Gasteiger partial charge >= 0.3 is 0 Å². The predicted octanol–water partition coefficient (Wildman–Crippen LogP) is 5.42. The van der Waals surface area contributed by atoms with E-state index in [1.165, 1.54) is 18.9 Å². The van der Waals surface area contributed by atoms with Crippen molar-refractivity contribution in [3.63, 3.8) is 0 Å². The molecule has 3 aromatic carbocycles. The standard InChI is InChI=1S/C30H32FN5O/c1-20-16-28(36(35-20)25-9-5-6-22(17-25)19-32)29(37)34-27-18-24(12-13-26(27)31)30(33,15-14-21-10-11-21)23-7-3-2-4-8-23/h2-9,12-13,16-18,21H,10-11,14-15,19,32-33H2,1H3,(H,34,37). The fourth-order valence-electron chi connectivity index (χ4n) is 4.79. The first-order chi connectivity index (χ1) is 17.9. The molecule has 1 unspecified atom stereocenters. The van der Waals surface area contributed by atoms with Gasteiger partial charge in [0.15, 0.2) is 0 Å².